The van der Waals surface area contributed by atoms with Crippen molar-refractivity contribution in [3.63, 3.8) is 0 Å². The summed E-state index contributed by atoms with van der Waals surface area (Å²) < 4.78 is 20.0. The molecule has 4 nitrogen and oxygen atoms in total. The maximum absolute atomic E-state index is 13.6. The largest absolute Gasteiger partial charge is 0.449 e. The highest BCUT2D eigenvalue weighted by Gasteiger charge is 2.30. The van der Waals surface area contributed by atoms with Crippen molar-refractivity contribution in [2.45, 2.75) is 19.3 Å². The molecule has 2 heterocycles. The molecule has 160 valence electrons. The molecule has 1 amide bonds. The average molecular weight is 496 g/mol. The molecule has 2 aromatic rings. The average Bonchev–Trinajstić information content (AvgIpc) is 2.74. The monoisotopic (exact) mass is 494 g/mol. The van der Waals surface area contributed by atoms with Crippen molar-refractivity contribution in [2.24, 2.45) is 11.8 Å². The van der Waals surface area contributed by atoms with E-state index in [2.05, 4.69) is 20.8 Å². The van der Waals surface area contributed by atoms with Crippen molar-refractivity contribution in [3.05, 3.63) is 63.3 Å². The topological polar surface area (TPSA) is 32.8 Å². The van der Waals surface area contributed by atoms with Gasteiger partial charge in [-0.3, -0.25) is 4.90 Å². The molecular formula is C23H25BrClFN2O2. The molecule has 4 rings (SSSR count). The summed E-state index contributed by atoms with van der Waals surface area (Å²) in [5.74, 6) is 0.657. The normalized spacial score (nSPS) is 21.0. The van der Waals surface area contributed by atoms with Gasteiger partial charge in [-0.1, -0.05) is 27.5 Å². The highest BCUT2D eigenvalue weighted by atomic mass is 79.9. The lowest BCUT2D eigenvalue weighted by Crippen LogP contribution is -2.48. The molecular weight excluding hydrogens is 471 g/mol. The SMILES string of the molecule is O=C1OCC(CN2CCC(Cc3cc(F)ccc3Br)CC2)CN1c1ccc(Cl)cc1. The van der Waals surface area contributed by atoms with Crippen molar-refractivity contribution in [3.8, 4) is 0 Å². The van der Waals surface area contributed by atoms with Crippen LogP contribution in [0, 0.1) is 17.7 Å². The lowest BCUT2D eigenvalue weighted by atomic mass is 9.89. The second-order valence-corrected chi connectivity index (χ2v) is 9.50. The Balaban J connectivity index is 1.29. The molecule has 7 heteroatoms. The molecule has 0 saturated carbocycles. The Morgan fingerprint density at radius 3 is 2.57 bits per heavy atom. The minimum atomic E-state index is -0.298. The van der Waals surface area contributed by atoms with Gasteiger partial charge in [0.15, 0.2) is 0 Å². The van der Waals surface area contributed by atoms with Crippen LogP contribution in [-0.2, 0) is 11.2 Å². The van der Waals surface area contributed by atoms with Gasteiger partial charge in [-0.05, 0) is 86.3 Å². The van der Waals surface area contributed by atoms with E-state index in [1.807, 2.05) is 12.1 Å². The summed E-state index contributed by atoms with van der Waals surface area (Å²) in [7, 11) is 0. The molecule has 1 atom stereocenters. The van der Waals surface area contributed by atoms with Crippen LogP contribution in [0.4, 0.5) is 14.9 Å². The van der Waals surface area contributed by atoms with Crippen LogP contribution < -0.4 is 4.90 Å². The van der Waals surface area contributed by atoms with Crippen molar-refractivity contribution >= 4 is 39.3 Å². The number of piperidine rings is 1. The number of hydrogen-bond donors (Lipinski definition) is 0. The zero-order chi connectivity index (χ0) is 21.1. The van der Waals surface area contributed by atoms with Crippen molar-refractivity contribution in [2.75, 3.05) is 37.7 Å². The minimum absolute atomic E-state index is 0.178. The Morgan fingerprint density at radius 1 is 1.10 bits per heavy atom. The molecule has 2 aromatic carbocycles. The Morgan fingerprint density at radius 2 is 1.83 bits per heavy atom. The third-order valence-electron chi connectivity index (χ3n) is 5.98. The minimum Gasteiger partial charge on any atom is -0.449 e. The van der Waals surface area contributed by atoms with Gasteiger partial charge in [-0.2, -0.15) is 0 Å². The highest BCUT2D eigenvalue weighted by Crippen LogP contribution is 2.28. The van der Waals surface area contributed by atoms with Gasteiger partial charge in [-0.15, -0.1) is 0 Å². The number of anilines is 1. The molecule has 0 N–H and O–H groups in total. The van der Waals surface area contributed by atoms with Gasteiger partial charge in [-0.25, -0.2) is 9.18 Å². The zero-order valence-corrected chi connectivity index (χ0v) is 19.0. The third kappa shape index (κ3) is 5.34. The summed E-state index contributed by atoms with van der Waals surface area (Å²) in [6.45, 7) is 4.05. The van der Waals surface area contributed by atoms with E-state index in [4.69, 9.17) is 16.3 Å². The summed E-state index contributed by atoms with van der Waals surface area (Å²) in [5, 5.41) is 0.647. The molecule has 0 radical (unpaired) electrons. The molecule has 0 aliphatic carbocycles. The number of halogens is 3. The summed E-state index contributed by atoms with van der Waals surface area (Å²) in [4.78, 5) is 16.4. The second-order valence-electron chi connectivity index (χ2n) is 8.21. The lowest BCUT2D eigenvalue weighted by molar-refractivity contribution is 0.0870. The first-order valence-electron chi connectivity index (χ1n) is 10.3. The van der Waals surface area contributed by atoms with Gasteiger partial charge in [0, 0.05) is 34.2 Å². The Bertz CT molecular complexity index is 887. The molecule has 0 bridgehead atoms. The van der Waals surface area contributed by atoms with Gasteiger partial charge in [0.2, 0.25) is 0 Å². The second kappa shape index (κ2) is 9.67. The van der Waals surface area contributed by atoms with E-state index in [1.54, 1.807) is 29.2 Å². The van der Waals surface area contributed by atoms with Crippen LogP contribution in [-0.4, -0.2) is 43.8 Å². The van der Waals surface area contributed by atoms with E-state index >= 15 is 0 Å². The summed E-state index contributed by atoms with van der Waals surface area (Å²) in [5.41, 5.74) is 1.86. The van der Waals surface area contributed by atoms with Crippen LogP contribution in [0.2, 0.25) is 5.02 Å². The smallest absolute Gasteiger partial charge is 0.414 e. The number of rotatable bonds is 5. The van der Waals surface area contributed by atoms with Crippen LogP contribution in [0.25, 0.3) is 0 Å². The fourth-order valence-corrected chi connectivity index (χ4v) is 4.88. The number of likely N-dealkylation sites (tertiary alicyclic amines) is 1. The molecule has 1 unspecified atom stereocenters. The van der Waals surface area contributed by atoms with Crippen LogP contribution in [0.1, 0.15) is 18.4 Å². The maximum Gasteiger partial charge on any atom is 0.414 e. The highest BCUT2D eigenvalue weighted by molar-refractivity contribution is 9.10. The molecule has 2 aliphatic heterocycles. The molecule has 2 aliphatic rings. The van der Waals surface area contributed by atoms with Gasteiger partial charge in [0.05, 0.1) is 6.61 Å². The first-order chi connectivity index (χ1) is 14.5. The van der Waals surface area contributed by atoms with Crippen LogP contribution >= 0.6 is 27.5 Å². The molecule has 0 spiro atoms. The number of carbonyl (C=O) groups is 1. The Labute approximate surface area is 190 Å². The van der Waals surface area contributed by atoms with E-state index in [9.17, 15) is 9.18 Å². The van der Waals surface area contributed by atoms with Crippen LogP contribution in [0.3, 0.4) is 0 Å². The third-order valence-corrected chi connectivity index (χ3v) is 7.01. The molecule has 0 aromatic heterocycles. The molecule has 30 heavy (non-hydrogen) atoms. The van der Waals surface area contributed by atoms with E-state index < -0.39 is 0 Å². The van der Waals surface area contributed by atoms with Gasteiger partial charge in [0.1, 0.15) is 5.82 Å². The number of benzene rings is 2. The van der Waals surface area contributed by atoms with Gasteiger partial charge in [0.25, 0.3) is 0 Å². The standard InChI is InChI=1S/C23H25BrClFN2O2/c24-22-6-3-20(26)12-18(22)11-16-7-9-27(10-8-16)13-17-14-28(23(29)30-15-17)21-4-1-19(25)2-5-21/h1-6,12,16-17H,7-11,13-15H2. The summed E-state index contributed by atoms with van der Waals surface area (Å²) >= 11 is 9.50. The van der Waals surface area contributed by atoms with Gasteiger partial charge < -0.3 is 9.64 Å². The number of carbonyl (C=O) groups excluding carboxylic acids is 1. The quantitative estimate of drug-likeness (QED) is 0.528. The zero-order valence-electron chi connectivity index (χ0n) is 16.7. The predicted molar refractivity (Wildman–Crippen MR) is 121 cm³/mol. The summed E-state index contributed by atoms with van der Waals surface area (Å²) in [6.07, 6.45) is 2.79. The maximum atomic E-state index is 13.6. The lowest BCUT2D eigenvalue weighted by Gasteiger charge is -2.38. The van der Waals surface area contributed by atoms with E-state index in [-0.39, 0.29) is 17.8 Å². The van der Waals surface area contributed by atoms with Crippen molar-refractivity contribution in [1.29, 1.82) is 0 Å². The van der Waals surface area contributed by atoms with E-state index in [0.717, 1.165) is 54.6 Å². The molecule has 2 fully saturated rings. The molecule has 2 saturated heterocycles. The van der Waals surface area contributed by atoms with Crippen molar-refractivity contribution in [1.82, 2.24) is 4.90 Å². The Kier molecular flexibility index (Phi) is 6.96. The Hall–Kier alpha value is -1.63. The fraction of sp³-hybridized carbons (Fsp3) is 0.435. The van der Waals surface area contributed by atoms with Crippen LogP contribution in [0.5, 0.6) is 0 Å². The number of amides is 1. The number of ether oxygens (including phenoxy) is 1. The predicted octanol–water partition coefficient (Wildman–Crippen LogP) is 5.77. The van der Waals surface area contributed by atoms with Crippen molar-refractivity contribution < 1.29 is 13.9 Å². The van der Waals surface area contributed by atoms with Gasteiger partial charge >= 0.3 is 6.09 Å². The van der Waals surface area contributed by atoms with E-state index in [0.29, 0.717) is 24.1 Å². The van der Waals surface area contributed by atoms with E-state index in [1.165, 1.54) is 6.07 Å². The fourth-order valence-electron chi connectivity index (χ4n) is 4.34. The first kappa shape index (κ1) is 21.6. The number of nitrogens with zero attached hydrogens (tertiary/aromatic N) is 2. The number of cyclic esters (lactones) is 1. The summed E-state index contributed by atoms with van der Waals surface area (Å²) in [6, 6.07) is 12.2. The number of hydrogen-bond acceptors (Lipinski definition) is 3. The first-order valence-corrected chi connectivity index (χ1v) is 11.5. The van der Waals surface area contributed by atoms with Crippen LogP contribution in [0.15, 0.2) is 46.9 Å².